The van der Waals surface area contributed by atoms with Crippen LogP contribution >= 0.6 is 0 Å². The molecule has 0 bridgehead atoms. The van der Waals surface area contributed by atoms with Crippen molar-refractivity contribution in [3.8, 4) is 22.4 Å². The summed E-state index contributed by atoms with van der Waals surface area (Å²) in [5, 5.41) is 12.9. The first-order valence-corrected chi connectivity index (χ1v) is 13.1. The van der Waals surface area contributed by atoms with Crippen molar-refractivity contribution >= 4 is 28.0 Å². The number of pyridine rings is 2. The minimum Gasteiger partial charge on any atom is -0.545 e. The van der Waals surface area contributed by atoms with Crippen LogP contribution in [0.15, 0.2) is 84.9 Å². The van der Waals surface area contributed by atoms with Crippen LogP contribution in [0.3, 0.4) is 0 Å². The number of aromatic carboxylic acids is 1. The van der Waals surface area contributed by atoms with Gasteiger partial charge in [0.15, 0.2) is 5.65 Å². The number of carboxylic acids is 1. The van der Waals surface area contributed by atoms with E-state index in [0.29, 0.717) is 17.8 Å². The molecule has 192 valence electrons. The maximum absolute atomic E-state index is 11.9. The van der Waals surface area contributed by atoms with Crippen molar-refractivity contribution in [1.82, 2.24) is 19.5 Å². The molecule has 0 aliphatic heterocycles. The van der Waals surface area contributed by atoms with Crippen molar-refractivity contribution in [1.29, 1.82) is 0 Å². The maximum Gasteiger partial charge on any atom is 1.00 e. The number of aryl methyl sites for hydroxylation is 3. The van der Waals surface area contributed by atoms with Gasteiger partial charge in [0.1, 0.15) is 11.3 Å². The van der Waals surface area contributed by atoms with Gasteiger partial charge in [-0.3, -0.25) is 0 Å². The molecule has 40 heavy (non-hydrogen) atoms. The molecule has 3 heterocycles. The molecular formula is C33H27N4NaO2. The van der Waals surface area contributed by atoms with Crippen LogP contribution in [0.5, 0.6) is 0 Å². The van der Waals surface area contributed by atoms with Crippen LogP contribution in [-0.4, -0.2) is 25.5 Å². The summed E-state index contributed by atoms with van der Waals surface area (Å²) >= 11 is 0. The van der Waals surface area contributed by atoms with E-state index in [2.05, 4.69) is 42.7 Å². The topological polar surface area (TPSA) is 83.7 Å². The molecule has 0 aliphatic rings. The average molecular weight is 535 g/mol. The normalized spacial score (nSPS) is 11.1. The van der Waals surface area contributed by atoms with Crippen LogP contribution < -0.4 is 34.7 Å². The third-order valence-corrected chi connectivity index (χ3v) is 7.12. The van der Waals surface area contributed by atoms with Gasteiger partial charge < -0.3 is 14.5 Å². The Labute approximate surface area is 255 Å². The Hall–Kier alpha value is -3.84. The molecule has 0 atom stereocenters. The smallest absolute Gasteiger partial charge is 0.545 e. The third-order valence-electron chi connectivity index (χ3n) is 7.12. The van der Waals surface area contributed by atoms with E-state index in [9.17, 15) is 9.90 Å². The van der Waals surface area contributed by atoms with Gasteiger partial charge in [0.2, 0.25) is 0 Å². The van der Waals surface area contributed by atoms with Gasteiger partial charge in [-0.05, 0) is 54.8 Å². The molecule has 0 aliphatic carbocycles. The molecular weight excluding hydrogens is 507 g/mol. The number of imidazole rings is 1. The Morgan fingerprint density at radius 3 is 2.35 bits per heavy atom. The largest absolute Gasteiger partial charge is 1.00 e. The second kappa shape index (κ2) is 11.3. The molecule has 6 rings (SSSR count). The number of rotatable bonds is 6. The third kappa shape index (κ3) is 5.06. The summed E-state index contributed by atoms with van der Waals surface area (Å²) in [6.07, 6.45) is 0.809. The van der Waals surface area contributed by atoms with Crippen LogP contribution in [0.25, 0.3) is 44.5 Å². The number of hydrogen-bond donors (Lipinski definition) is 0. The average Bonchev–Trinajstić information content (AvgIpc) is 3.30. The van der Waals surface area contributed by atoms with Gasteiger partial charge in [-0.25, -0.2) is 15.0 Å². The molecule has 0 saturated heterocycles. The van der Waals surface area contributed by atoms with Gasteiger partial charge >= 0.3 is 29.6 Å². The fourth-order valence-electron chi connectivity index (χ4n) is 5.30. The van der Waals surface area contributed by atoms with Crippen molar-refractivity contribution in [2.75, 3.05) is 0 Å². The zero-order valence-electron chi connectivity index (χ0n) is 23.1. The number of carbonyl (C=O) groups excluding carboxylic acids is 1. The number of benzene rings is 3. The van der Waals surface area contributed by atoms with Crippen LogP contribution in [0.2, 0.25) is 0 Å². The number of hydrogen-bond acceptors (Lipinski definition) is 5. The van der Waals surface area contributed by atoms with Gasteiger partial charge in [0, 0.05) is 34.2 Å². The fraction of sp³-hybridized carbons (Fsp3) is 0.152. The van der Waals surface area contributed by atoms with Crippen LogP contribution in [0, 0.1) is 13.8 Å². The zero-order valence-corrected chi connectivity index (χ0v) is 25.1. The van der Waals surface area contributed by atoms with E-state index in [-0.39, 0.29) is 35.1 Å². The summed E-state index contributed by atoms with van der Waals surface area (Å²) in [4.78, 5) is 26.6. The Morgan fingerprint density at radius 2 is 1.60 bits per heavy atom. The van der Waals surface area contributed by atoms with E-state index in [1.807, 2.05) is 49.4 Å². The van der Waals surface area contributed by atoms with Crippen LogP contribution in [0.4, 0.5) is 0 Å². The predicted molar refractivity (Wildman–Crippen MR) is 152 cm³/mol. The fourth-order valence-corrected chi connectivity index (χ4v) is 5.30. The molecule has 0 saturated carbocycles. The summed E-state index contributed by atoms with van der Waals surface area (Å²) < 4.78 is 2.20. The summed E-state index contributed by atoms with van der Waals surface area (Å²) in [6.45, 7) is 6.85. The van der Waals surface area contributed by atoms with E-state index in [4.69, 9.17) is 15.0 Å². The molecule has 6 aromatic rings. The van der Waals surface area contributed by atoms with E-state index >= 15 is 0 Å². The molecule has 0 spiro atoms. The van der Waals surface area contributed by atoms with Gasteiger partial charge in [-0.15, -0.1) is 0 Å². The Balaban J connectivity index is 0.00000323. The Morgan fingerprint density at radius 1 is 0.850 bits per heavy atom. The minimum atomic E-state index is -1.22. The quantitative estimate of drug-likeness (QED) is 0.307. The SMILES string of the molecule is CCc1nc2c(C)cc(C)nc2n1Cc1ccc2nc(-c3ccccc3C(=O)[O-])c(-c3ccccc3)cc2c1.[Na+]. The summed E-state index contributed by atoms with van der Waals surface area (Å²) in [7, 11) is 0. The molecule has 0 fully saturated rings. The van der Waals surface area contributed by atoms with E-state index < -0.39 is 5.97 Å². The molecule has 0 radical (unpaired) electrons. The van der Waals surface area contributed by atoms with Gasteiger partial charge in [-0.1, -0.05) is 67.6 Å². The first kappa shape index (κ1) is 27.7. The molecule has 0 unspecified atom stereocenters. The van der Waals surface area contributed by atoms with E-state index in [0.717, 1.165) is 62.3 Å². The van der Waals surface area contributed by atoms with Crippen LogP contribution in [-0.2, 0) is 13.0 Å². The zero-order chi connectivity index (χ0) is 27.1. The van der Waals surface area contributed by atoms with E-state index in [1.165, 1.54) is 0 Å². The predicted octanol–water partition coefficient (Wildman–Crippen LogP) is 2.91. The number of carbonyl (C=O) groups is 1. The summed E-state index contributed by atoms with van der Waals surface area (Å²) in [6, 6.07) is 27.2. The van der Waals surface area contributed by atoms with Crippen molar-refractivity contribution < 1.29 is 39.5 Å². The minimum absolute atomic E-state index is 0. The van der Waals surface area contributed by atoms with E-state index in [1.54, 1.807) is 18.2 Å². The first-order chi connectivity index (χ1) is 18.9. The number of aromatic nitrogens is 4. The standard InChI is InChI=1S/C33H28N4O2.Na/c1-4-29-36-30-20(2)16-21(3)34-32(30)37(29)19-22-14-15-28-24(17-22)18-27(23-10-6-5-7-11-23)31(35-28)25-12-8-9-13-26(25)33(38)39;/h5-18H,4,19H2,1-3H3,(H,38,39);/q;+1/p-1. The number of fused-ring (bicyclic) bond motifs is 2. The second-order valence-corrected chi connectivity index (χ2v) is 9.83. The summed E-state index contributed by atoms with van der Waals surface area (Å²) in [5.74, 6) is -0.219. The Kier molecular flexibility index (Phi) is 7.86. The number of carboxylic acid groups (broad SMARTS) is 1. The Bertz CT molecular complexity index is 1880. The second-order valence-electron chi connectivity index (χ2n) is 9.83. The molecule has 7 heteroatoms. The van der Waals surface area contributed by atoms with Crippen LogP contribution in [0.1, 0.15) is 39.9 Å². The molecule has 6 nitrogen and oxygen atoms in total. The van der Waals surface area contributed by atoms with Crippen molar-refractivity contribution in [3.63, 3.8) is 0 Å². The van der Waals surface area contributed by atoms with Gasteiger partial charge in [0.25, 0.3) is 0 Å². The molecule has 0 N–H and O–H groups in total. The molecule has 0 amide bonds. The van der Waals surface area contributed by atoms with Crippen molar-refractivity contribution in [3.05, 3.63) is 113 Å². The monoisotopic (exact) mass is 534 g/mol. The first-order valence-electron chi connectivity index (χ1n) is 13.1. The molecule has 3 aromatic carbocycles. The number of nitrogens with zero attached hydrogens (tertiary/aromatic N) is 4. The van der Waals surface area contributed by atoms with Gasteiger partial charge in [0.05, 0.1) is 23.7 Å². The molecule has 3 aromatic heterocycles. The van der Waals surface area contributed by atoms with Crippen molar-refractivity contribution in [2.24, 2.45) is 0 Å². The van der Waals surface area contributed by atoms with Gasteiger partial charge in [-0.2, -0.15) is 0 Å². The summed E-state index contributed by atoms with van der Waals surface area (Å²) in [5.41, 5.74) is 8.96. The van der Waals surface area contributed by atoms with Crippen molar-refractivity contribution in [2.45, 2.75) is 33.7 Å². The maximum atomic E-state index is 11.9.